The highest BCUT2D eigenvalue weighted by molar-refractivity contribution is 7.15. The number of aliphatic hydroxyl groups is 1. The summed E-state index contributed by atoms with van der Waals surface area (Å²) in [5, 5.41) is 27.3. The van der Waals surface area contributed by atoms with E-state index in [2.05, 4.69) is 33.8 Å². The second-order valence-electron chi connectivity index (χ2n) is 5.19. The zero-order valence-corrected chi connectivity index (χ0v) is 13.0. The van der Waals surface area contributed by atoms with Crippen LogP contribution in [-0.4, -0.2) is 71.1 Å². The first-order chi connectivity index (χ1) is 9.40. The number of nitrogens with zero attached hydrogens (tertiary/aromatic N) is 4. The molecule has 2 N–H and O–H groups in total. The van der Waals surface area contributed by atoms with E-state index < -0.39 is 0 Å². The van der Waals surface area contributed by atoms with E-state index in [0.717, 1.165) is 16.7 Å². The molecule has 1 aliphatic heterocycles. The zero-order valence-electron chi connectivity index (χ0n) is 12.2. The fourth-order valence-corrected chi connectivity index (χ4v) is 2.88. The number of carbonyl (C=O) groups is 1. The Morgan fingerprint density at radius 1 is 1.40 bits per heavy atom. The summed E-state index contributed by atoms with van der Waals surface area (Å²) in [6.45, 7) is 5.45. The number of anilines is 1. The minimum absolute atomic E-state index is 0.182. The van der Waals surface area contributed by atoms with E-state index in [-0.39, 0.29) is 18.6 Å². The molecule has 0 aliphatic carbocycles. The van der Waals surface area contributed by atoms with Gasteiger partial charge < -0.3 is 20.0 Å². The first-order valence-electron chi connectivity index (χ1n) is 6.41. The molecular formula is C12H22N4O3S. The van der Waals surface area contributed by atoms with Crippen LogP contribution in [0.2, 0.25) is 0 Å². The number of hydrogen-bond acceptors (Lipinski definition) is 7. The van der Waals surface area contributed by atoms with E-state index in [4.69, 9.17) is 9.90 Å². The monoisotopic (exact) mass is 302 g/mol. The molecule has 1 aliphatic rings. The number of aliphatic hydroxyl groups excluding tert-OH is 1. The predicted octanol–water partition coefficient (Wildman–Crippen LogP) is 0.473. The Bertz CT molecular complexity index is 425. The molecule has 20 heavy (non-hydrogen) atoms. The normalized spacial score (nSPS) is 22.1. The van der Waals surface area contributed by atoms with Crippen molar-refractivity contribution in [2.45, 2.75) is 31.9 Å². The number of β-amino-alcohol motifs (C(OH)–C–C–N with tert-alkyl or cyclic N) is 1. The highest BCUT2D eigenvalue weighted by Gasteiger charge is 2.34. The van der Waals surface area contributed by atoms with Gasteiger partial charge in [-0.15, -0.1) is 10.2 Å². The number of likely N-dealkylation sites (N-methyl/N-ethyl adjacent to an activating group) is 1. The van der Waals surface area contributed by atoms with Gasteiger partial charge in [0.1, 0.15) is 5.01 Å². The number of rotatable bonds is 3. The largest absolute Gasteiger partial charge is 0.483 e. The second kappa shape index (κ2) is 7.51. The summed E-state index contributed by atoms with van der Waals surface area (Å²) >= 11 is 1.63. The molecule has 1 aromatic heterocycles. The minimum Gasteiger partial charge on any atom is -0.483 e. The Hall–Kier alpha value is -1.25. The smallest absolute Gasteiger partial charge is 0.290 e. The van der Waals surface area contributed by atoms with Gasteiger partial charge in [-0.25, -0.2) is 0 Å². The Balaban J connectivity index is 0.000000612. The lowest BCUT2D eigenvalue weighted by atomic mass is 10.2. The Morgan fingerprint density at radius 2 is 2.00 bits per heavy atom. The summed E-state index contributed by atoms with van der Waals surface area (Å²) < 4.78 is 0. The second-order valence-corrected chi connectivity index (χ2v) is 6.17. The third-order valence-electron chi connectivity index (χ3n) is 3.12. The maximum atomic E-state index is 9.98. The lowest BCUT2D eigenvalue weighted by Crippen LogP contribution is -2.37. The predicted molar refractivity (Wildman–Crippen MR) is 78.4 cm³/mol. The third kappa shape index (κ3) is 4.12. The van der Waals surface area contributed by atoms with Crippen LogP contribution in [0.1, 0.15) is 24.8 Å². The summed E-state index contributed by atoms with van der Waals surface area (Å²) in [5.74, 6) is 0.415. The molecule has 2 heterocycles. The molecule has 1 aromatic rings. The summed E-state index contributed by atoms with van der Waals surface area (Å²) in [5.41, 5.74) is 0. The van der Waals surface area contributed by atoms with Crippen LogP contribution in [0.3, 0.4) is 0 Å². The lowest BCUT2D eigenvalue weighted by Gasteiger charge is -2.21. The summed E-state index contributed by atoms with van der Waals surface area (Å²) in [7, 11) is 3.99. The molecule has 0 aromatic carbocycles. The van der Waals surface area contributed by atoms with Gasteiger partial charge in [-0.3, -0.25) is 4.79 Å². The van der Waals surface area contributed by atoms with E-state index >= 15 is 0 Å². The fourth-order valence-electron chi connectivity index (χ4n) is 2.02. The molecule has 2 atom stereocenters. The molecule has 0 spiro atoms. The summed E-state index contributed by atoms with van der Waals surface area (Å²) in [4.78, 5) is 12.5. The highest BCUT2D eigenvalue weighted by Crippen LogP contribution is 2.28. The Labute approximate surface area is 122 Å². The molecular weight excluding hydrogens is 280 g/mol. The Kier molecular flexibility index (Phi) is 6.31. The van der Waals surface area contributed by atoms with Gasteiger partial charge in [-0.1, -0.05) is 25.2 Å². The van der Waals surface area contributed by atoms with Gasteiger partial charge in [0.05, 0.1) is 12.1 Å². The van der Waals surface area contributed by atoms with Gasteiger partial charge in [-0.05, 0) is 14.1 Å². The first-order valence-corrected chi connectivity index (χ1v) is 7.23. The molecule has 114 valence electrons. The molecule has 0 bridgehead atoms. The van der Waals surface area contributed by atoms with E-state index in [1.165, 1.54) is 0 Å². The van der Waals surface area contributed by atoms with Gasteiger partial charge in [-0.2, -0.15) is 0 Å². The van der Waals surface area contributed by atoms with Crippen LogP contribution >= 0.6 is 11.3 Å². The van der Waals surface area contributed by atoms with Crippen LogP contribution < -0.4 is 4.90 Å². The quantitative estimate of drug-likeness (QED) is 0.785. The van der Waals surface area contributed by atoms with Crippen molar-refractivity contribution in [2.75, 3.05) is 32.1 Å². The van der Waals surface area contributed by atoms with Crippen LogP contribution in [0.25, 0.3) is 0 Å². The first kappa shape index (κ1) is 16.8. The number of hydrogen-bond donors (Lipinski definition) is 2. The van der Waals surface area contributed by atoms with Crippen molar-refractivity contribution in [2.24, 2.45) is 0 Å². The maximum Gasteiger partial charge on any atom is 0.290 e. The minimum atomic E-state index is -0.309. The topological polar surface area (TPSA) is 89.8 Å². The lowest BCUT2D eigenvalue weighted by molar-refractivity contribution is -0.122. The molecule has 0 saturated carbocycles. The summed E-state index contributed by atoms with van der Waals surface area (Å²) in [6, 6.07) is 0.182. The van der Waals surface area contributed by atoms with Crippen molar-refractivity contribution < 1.29 is 15.0 Å². The number of carboxylic acid groups (broad SMARTS) is 1. The molecule has 1 saturated heterocycles. The third-order valence-corrected chi connectivity index (χ3v) is 4.40. The average molecular weight is 302 g/mol. The van der Waals surface area contributed by atoms with Crippen LogP contribution in [0, 0.1) is 0 Å². The average Bonchev–Trinajstić information content (AvgIpc) is 2.95. The zero-order chi connectivity index (χ0) is 15.3. The fraction of sp³-hybridized carbons (Fsp3) is 0.750. The highest BCUT2D eigenvalue weighted by atomic mass is 32.1. The van der Waals surface area contributed by atoms with E-state index in [0.29, 0.717) is 12.5 Å². The SMILES string of the molecule is CC(C)c1nnc(N2C[C@H](O)[C@@H](N(C)C)C2)s1.O=CO. The van der Waals surface area contributed by atoms with E-state index in [1.807, 2.05) is 14.1 Å². The molecule has 1 fully saturated rings. The van der Waals surface area contributed by atoms with Crippen molar-refractivity contribution in [3.63, 3.8) is 0 Å². The molecule has 8 heteroatoms. The molecule has 7 nitrogen and oxygen atoms in total. The van der Waals surface area contributed by atoms with Crippen molar-refractivity contribution in [3.8, 4) is 0 Å². The van der Waals surface area contributed by atoms with E-state index in [9.17, 15) is 5.11 Å². The van der Waals surface area contributed by atoms with Gasteiger partial charge >= 0.3 is 0 Å². The molecule has 0 radical (unpaired) electrons. The molecule has 0 unspecified atom stereocenters. The van der Waals surface area contributed by atoms with Gasteiger partial charge in [0, 0.05) is 19.0 Å². The molecule has 2 rings (SSSR count). The van der Waals surface area contributed by atoms with Crippen LogP contribution in [-0.2, 0) is 4.79 Å². The summed E-state index contributed by atoms with van der Waals surface area (Å²) in [6.07, 6.45) is -0.309. The van der Waals surface area contributed by atoms with Crippen LogP contribution in [0.4, 0.5) is 5.13 Å². The van der Waals surface area contributed by atoms with Gasteiger partial charge in [0.15, 0.2) is 0 Å². The van der Waals surface area contributed by atoms with Crippen molar-refractivity contribution in [1.82, 2.24) is 15.1 Å². The standard InChI is InChI=1S/C11H20N4OS.CH2O2/c1-7(2)10-12-13-11(17-10)15-5-8(14(3)4)9(16)6-15;2-1-3/h7-9,16H,5-6H2,1-4H3;1H,(H,2,3)/t8-,9-;/m0./s1. The number of aromatic nitrogens is 2. The van der Waals surface area contributed by atoms with Crippen molar-refractivity contribution in [3.05, 3.63) is 5.01 Å². The van der Waals surface area contributed by atoms with Gasteiger partial charge in [0.2, 0.25) is 5.13 Å². The van der Waals surface area contributed by atoms with Crippen molar-refractivity contribution >= 4 is 22.9 Å². The Morgan fingerprint density at radius 3 is 2.40 bits per heavy atom. The maximum absolute atomic E-state index is 9.98. The van der Waals surface area contributed by atoms with Crippen LogP contribution in [0.5, 0.6) is 0 Å². The van der Waals surface area contributed by atoms with Crippen LogP contribution in [0.15, 0.2) is 0 Å². The molecule has 0 amide bonds. The van der Waals surface area contributed by atoms with E-state index in [1.54, 1.807) is 11.3 Å². The van der Waals surface area contributed by atoms with Gasteiger partial charge in [0.25, 0.3) is 6.47 Å². The van der Waals surface area contributed by atoms with Crippen molar-refractivity contribution in [1.29, 1.82) is 0 Å².